The van der Waals surface area contributed by atoms with Crippen LogP contribution in [0, 0.1) is 17.8 Å². The predicted octanol–water partition coefficient (Wildman–Crippen LogP) is 1.38. The van der Waals surface area contributed by atoms with Gasteiger partial charge in [-0.1, -0.05) is 6.92 Å². The zero-order valence-electron chi connectivity index (χ0n) is 20.1. The molecule has 9 nitrogen and oxygen atoms in total. The molecule has 34 heavy (non-hydrogen) atoms. The third-order valence-corrected chi connectivity index (χ3v) is 7.67. The van der Waals surface area contributed by atoms with Gasteiger partial charge in [0, 0.05) is 31.3 Å². The third-order valence-electron chi connectivity index (χ3n) is 7.67. The summed E-state index contributed by atoms with van der Waals surface area (Å²) in [6.45, 7) is 2.85. The first-order valence-electron chi connectivity index (χ1n) is 11.1. The van der Waals surface area contributed by atoms with E-state index in [1.165, 1.54) is 6.07 Å². The van der Waals surface area contributed by atoms with Crippen LogP contribution >= 0.6 is 0 Å². The van der Waals surface area contributed by atoms with Crippen LogP contribution in [0.5, 0.6) is 5.75 Å². The van der Waals surface area contributed by atoms with Crippen LogP contribution in [-0.4, -0.2) is 82.5 Å². The van der Waals surface area contributed by atoms with Crippen LogP contribution in [0.4, 0.5) is 5.69 Å². The van der Waals surface area contributed by atoms with Gasteiger partial charge in [0.2, 0.25) is 5.78 Å². The van der Waals surface area contributed by atoms with E-state index in [9.17, 15) is 34.8 Å². The molecule has 4 rings (SSSR count). The Balaban J connectivity index is 2.04. The molecule has 3 aliphatic rings. The van der Waals surface area contributed by atoms with Gasteiger partial charge in [-0.2, -0.15) is 0 Å². The lowest BCUT2D eigenvalue weighted by atomic mass is 9.53. The molecule has 4 N–H and O–H groups in total. The molecule has 1 aromatic carbocycles. The van der Waals surface area contributed by atoms with Crippen molar-refractivity contribution < 1.29 is 34.8 Å². The lowest BCUT2D eigenvalue weighted by Gasteiger charge is -2.53. The number of phenolic OH excluding ortho intramolecular Hbond substituents is 1. The van der Waals surface area contributed by atoms with Gasteiger partial charge in [-0.3, -0.25) is 19.3 Å². The van der Waals surface area contributed by atoms with Crippen molar-refractivity contribution in [2.75, 3.05) is 33.1 Å². The number of Topliss-reactive ketones (excluding diaryl/α,β-unsaturated/α-hetero) is 3. The zero-order valence-corrected chi connectivity index (χ0v) is 20.1. The Kier molecular flexibility index (Phi) is 5.41. The van der Waals surface area contributed by atoms with Gasteiger partial charge in [-0.05, 0) is 57.0 Å². The van der Waals surface area contributed by atoms with Gasteiger partial charge in [0.25, 0.3) is 0 Å². The molecule has 5 atom stereocenters. The number of aliphatic hydroxyl groups is 3. The molecule has 182 valence electrons. The number of ketones is 3. The van der Waals surface area contributed by atoms with E-state index in [0.717, 1.165) is 12.6 Å². The Labute approximate surface area is 197 Å². The van der Waals surface area contributed by atoms with Gasteiger partial charge in [0.15, 0.2) is 17.2 Å². The van der Waals surface area contributed by atoms with Gasteiger partial charge in [-0.15, -0.1) is 0 Å². The van der Waals surface area contributed by atoms with Gasteiger partial charge < -0.3 is 25.3 Å². The van der Waals surface area contributed by atoms with Gasteiger partial charge in [-0.25, -0.2) is 0 Å². The topological polar surface area (TPSA) is 139 Å². The average Bonchev–Trinajstić information content (AvgIpc) is 2.73. The number of hydrogen-bond donors (Lipinski definition) is 4. The summed E-state index contributed by atoms with van der Waals surface area (Å²) >= 11 is 0. The summed E-state index contributed by atoms with van der Waals surface area (Å²) in [6, 6.07) is 2.10. The molecule has 0 aromatic heterocycles. The highest BCUT2D eigenvalue weighted by atomic mass is 16.3. The number of anilines is 1. The highest BCUT2D eigenvalue weighted by Gasteiger charge is 2.66. The largest absolute Gasteiger partial charge is 0.508 e. The molecule has 0 amide bonds. The summed E-state index contributed by atoms with van der Waals surface area (Å²) in [7, 11) is 6.87. The second-order valence-electron chi connectivity index (χ2n) is 9.96. The van der Waals surface area contributed by atoms with E-state index in [0.29, 0.717) is 5.56 Å². The maximum Gasteiger partial charge on any atom is 0.202 e. The Morgan fingerprint density at radius 1 is 1.09 bits per heavy atom. The fraction of sp³-hybridized carbons (Fsp3) is 0.480. The molecule has 0 aliphatic heterocycles. The van der Waals surface area contributed by atoms with E-state index < -0.39 is 63.8 Å². The smallest absolute Gasteiger partial charge is 0.202 e. The van der Waals surface area contributed by atoms with Crippen molar-refractivity contribution >= 4 is 28.8 Å². The second-order valence-corrected chi connectivity index (χ2v) is 9.96. The average molecular weight is 471 g/mol. The van der Waals surface area contributed by atoms with Crippen LogP contribution in [0.15, 0.2) is 29.0 Å². The minimum Gasteiger partial charge on any atom is -0.508 e. The molecule has 0 saturated heterocycles. The van der Waals surface area contributed by atoms with E-state index in [1.54, 1.807) is 32.0 Å². The summed E-state index contributed by atoms with van der Waals surface area (Å²) in [4.78, 5) is 42.8. The Morgan fingerprint density at radius 3 is 2.24 bits per heavy atom. The Morgan fingerprint density at radius 2 is 1.71 bits per heavy atom. The molecule has 0 heterocycles. The maximum atomic E-state index is 13.9. The van der Waals surface area contributed by atoms with E-state index in [-0.39, 0.29) is 23.3 Å². The Bertz CT molecular complexity index is 1200. The highest BCUT2D eigenvalue weighted by molar-refractivity contribution is 6.25. The van der Waals surface area contributed by atoms with E-state index in [2.05, 4.69) is 0 Å². The lowest BCUT2D eigenvalue weighted by molar-refractivity contribution is -0.159. The van der Waals surface area contributed by atoms with E-state index >= 15 is 0 Å². The molecular weight excluding hydrogens is 440 g/mol. The molecule has 0 bridgehead atoms. The normalized spacial score (nSPS) is 30.8. The van der Waals surface area contributed by atoms with Crippen molar-refractivity contribution in [3.8, 4) is 5.75 Å². The Hall–Kier alpha value is -3.17. The van der Waals surface area contributed by atoms with Crippen molar-refractivity contribution in [1.29, 1.82) is 0 Å². The molecule has 1 aromatic rings. The number of carbonyl (C=O) groups is 3. The second kappa shape index (κ2) is 7.68. The first-order valence-corrected chi connectivity index (χ1v) is 11.1. The van der Waals surface area contributed by atoms with Gasteiger partial charge in [0.1, 0.15) is 22.8 Å². The van der Waals surface area contributed by atoms with E-state index in [4.69, 9.17) is 0 Å². The van der Waals surface area contributed by atoms with Crippen molar-refractivity contribution in [2.45, 2.75) is 31.9 Å². The highest BCUT2D eigenvalue weighted by Crippen LogP contribution is 2.55. The van der Waals surface area contributed by atoms with Crippen LogP contribution in [0.3, 0.4) is 0 Å². The van der Waals surface area contributed by atoms with Crippen LogP contribution in [-0.2, 0) is 20.8 Å². The summed E-state index contributed by atoms with van der Waals surface area (Å²) in [5, 5.41) is 44.6. The summed E-state index contributed by atoms with van der Waals surface area (Å²) in [5.41, 5.74) is -1.79. The lowest BCUT2D eigenvalue weighted by Crippen LogP contribution is -2.68. The van der Waals surface area contributed by atoms with Crippen molar-refractivity contribution in [3.63, 3.8) is 0 Å². The van der Waals surface area contributed by atoms with Crippen LogP contribution in [0.1, 0.15) is 25.0 Å². The molecule has 0 radical (unpaired) electrons. The minimum absolute atomic E-state index is 0.103. The quantitative estimate of drug-likeness (QED) is 0.483. The van der Waals surface area contributed by atoms with Crippen LogP contribution < -0.4 is 4.90 Å². The molecule has 0 spiro atoms. The summed E-state index contributed by atoms with van der Waals surface area (Å²) in [5.74, 6) is -6.24. The number of phenols is 1. The van der Waals surface area contributed by atoms with Crippen molar-refractivity contribution in [1.82, 2.24) is 4.90 Å². The molecule has 1 saturated carbocycles. The van der Waals surface area contributed by atoms with Crippen LogP contribution in [0.2, 0.25) is 0 Å². The number of hydrogen-bond acceptors (Lipinski definition) is 9. The van der Waals surface area contributed by atoms with Gasteiger partial charge >= 0.3 is 0 Å². The number of likely N-dealkylation sites (N-methyl/N-ethyl adjacent to an activating group) is 1. The molecular formula is C25H30N2O7. The number of aliphatic hydroxyl groups excluding tert-OH is 2. The van der Waals surface area contributed by atoms with Gasteiger partial charge in [0.05, 0.1) is 11.6 Å². The molecule has 1 fully saturated rings. The van der Waals surface area contributed by atoms with Crippen LogP contribution in [0.25, 0.3) is 5.76 Å². The predicted molar refractivity (Wildman–Crippen MR) is 125 cm³/mol. The first kappa shape index (κ1) is 24.0. The molecule has 9 heteroatoms. The van der Waals surface area contributed by atoms with E-state index in [1.807, 2.05) is 19.0 Å². The maximum absolute atomic E-state index is 13.9. The fourth-order valence-corrected chi connectivity index (χ4v) is 6.15. The standard InChI is InChI=1S/C25H30N2O7/c1-10-12-9-13-14(26(3)4)7-8-15(29)17(13)21(30)18(12)24(33)25(34)19(10)20(27(5)6)22(31)16(11(2)28)23(25)32/h7-8,10,12,19-20,29-30,32,34H,9H2,1-6H3/t10-,12-,19-,20-,25+/m0/s1. The number of aromatic hydroxyl groups is 1. The first-order chi connectivity index (χ1) is 15.8. The number of fused-ring (bicyclic) bond motifs is 3. The number of benzene rings is 1. The summed E-state index contributed by atoms with van der Waals surface area (Å²) < 4.78 is 0. The monoisotopic (exact) mass is 470 g/mol. The SMILES string of the molecule is CC(=O)C1=C(O)[C@@]2(O)C(=O)C3=C(O)c4c(O)ccc(N(C)C)c4C[C@H]3[C@H](C)[C@H]2[C@H](N(C)C)C1=O. The number of rotatable bonds is 3. The fourth-order valence-electron chi connectivity index (χ4n) is 6.15. The summed E-state index contributed by atoms with van der Waals surface area (Å²) in [6.07, 6.45) is 0.272. The number of nitrogens with zero attached hydrogens (tertiary/aromatic N) is 2. The molecule has 3 aliphatic carbocycles. The van der Waals surface area contributed by atoms with Crippen molar-refractivity contribution in [3.05, 3.63) is 40.2 Å². The van der Waals surface area contributed by atoms with Crippen molar-refractivity contribution in [2.24, 2.45) is 17.8 Å². The third kappa shape index (κ3) is 2.89. The zero-order chi connectivity index (χ0) is 25.4. The number of carbonyl (C=O) groups excluding carboxylic acids is 3. The molecule has 0 unspecified atom stereocenters. The minimum atomic E-state index is -2.57.